The molecule has 2 aromatic carbocycles. The van der Waals surface area contributed by atoms with Gasteiger partial charge in [0.05, 0.1) is 4.92 Å². The van der Waals surface area contributed by atoms with Crippen LogP contribution in [0, 0.1) is 10.1 Å². The van der Waals surface area contributed by atoms with Gasteiger partial charge >= 0.3 is 0 Å². The van der Waals surface area contributed by atoms with Crippen molar-refractivity contribution in [3.8, 4) is 0 Å². The monoisotopic (exact) mass is 363 g/mol. The lowest BCUT2D eigenvalue weighted by atomic mass is 9.48. The van der Waals surface area contributed by atoms with Crippen LogP contribution >= 0.6 is 0 Å². The molecule has 0 N–H and O–H groups in total. The Morgan fingerprint density at radius 3 is 1.52 bits per heavy atom. The maximum absolute atomic E-state index is 11.2. The Morgan fingerprint density at radius 2 is 1.07 bits per heavy atom. The van der Waals surface area contributed by atoms with Crippen LogP contribution in [0.5, 0.6) is 0 Å². The van der Waals surface area contributed by atoms with Gasteiger partial charge in [-0.25, -0.2) is 0 Å². The van der Waals surface area contributed by atoms with E-state index in [0.717, 1.165) is 0 Å². The Hall–Kier alpha value is -2.16. The summed E-state index contributed by atoms with van der Waals surface area (Å²) >= 11 is 0. The molecule has 0 atom stereocenters. The molecular weight excluding hydrogens is 334 g/mol. The first kappa shape index (κ1) is 18.2. The van der Waals surface area contributed by atoms with Crippen molar-refractivity contribution < 1.29 is 4.92 Å². The van der Waals surface area contributed by atoms with Crippen molar-refractivity contribution in [3.63, 3.8) is 0 Å². The molecular formula is C24H29NO2. The Labute approximate surface area is 162 Å². The van der Waals surface area contributed by atoms with Crippen molar-refractivity contribution >= 4 is 5.69 Å². The van der Waals surface area contributed by atoms with Gasteiger partial charge in [0.15, 0.2) is 0 Å². The summed E-state index contributed by atoms with van der Waals surface area (Å²) in [5, 5.41) is 11.2. The van der Waals surface area contributed by atoms with E-state index >= 15 is 0 Å². The molecule has 2 fully saturated rings. The molecule has 3 heteroatoms. The zero-order valence-corrected chi connectivity index (χ0v) is 16.0. The first-order valence-electron chi connectivity index (χ1n) is 10.5. The van der Waals surface area contributed by atoms with Gasteiger partial charge in [-0.1, -0.05) is 81.0 Å². The number of benzene rings is 2. The van der Waals surface area contributed by atoms with Crippen molar-refractivity contribution in [1.29, 1.82) is 0 Å². The molecule has 0 bridgehead atoms. The van der Waals surface area contributed by atoms with Gasteiger partial charge in [0.25, 0.3) is 5.69 Å². The molecule has 0 aliphatic heterocycles. The zero-order valence-electron chi connectivity index (χ0n) is 16.0. The Kier molecular flexibility index (Phi) is 5.03. The van der Waals surface area contributed by atoms with Crippen LogP contribution in [0.2, 0.25) is 0 Å². The van der Waals surface area contributed by atoms with Crippen LogP contribution in [0.4, 0.5) is 5.69 Å². The topological polar surface area (TPSA) is 43.1 Å². The maximum atomic E-state index is 11.2. The van der Waals surface area contributed by atoms with E-state index in [9.17, 15) is 10.1 Å². The lowest BCUT2D eigenvalue weighted by Gasteiger charge is -2.56. The van der Waals surface area contributed by atoms with E-state index in [1.807, 2.05) is 0 Å². The number of nitrogens with zero attached hydrogens (tertiary/aromatic N) is 1. The quantitative estimate of drug-likeness (QED) is 0.448. The highest BCUT2D eigenvalue weighted by atomic mass is 16.6. The highest BCUT2D eigenvalue weighted by molar-refractivity contribution is 5.43. The van der Waals surface area contributed by atoms with Crippen molar-refractivity contribution in [2.24, 2.45) is 0 Å². The fourth-order valence-electron chi connectivity index (χ4n) is 6.06. The van der Waals surface area contributed by atoms with E-state index < -0.39 is 0 Å². The Morgan fingerprint density at radius 1 is 0.630 bits per heavy atom. The number of nitro benzene ring substituents is 1. The van der Waals surface area contributed by atoms with E-state index in [4.69, 9.17) is 0 Å². The summed E-state index contributed by atoms with van der Waals surface area (Å²) in [6, 6.07) is 18.7. The average molecular weight is 364 g/mol. The molecule has 0 saturated heterocycles. The van der Waals surface area contributed by atoms with Gasteiger partial charge in [-0.05, 0) is 36.8 Å². The summed E-state index contributed by atoms with van der Waals surface area (Å²) in [4.78, 5) is 10.9. The van der Waals surface area contributed by atoms with Crippen LogP contribution in [-0.2, 0) is 10.8 Å². The van der Waals surface area contributed by atoms with Crippen LogP contribution in [0.3, 0.4) is 0 Å². The molecule has 2 saturated carbocycles. The minimum Gasteiger partial charge on any atom is -0.258 e. The number of rotatable bonds is 4. The lowest BCUT2D eigenvalue weighted by molar-refractivity contribution is -0.384. The molecule has 142 valence electrons. The van der Waals surface area contributed by atoms with Gasteiger partial charge < -0.3 is 0 Å². The SMILES string of the molecule is O=[N+]([O-])c1ccc(C2(C3(c4ccccc4)CCCCC3)CCCCC2)cc1. The average Bonchev–Trinajstić information content (AvgIpc) is 2.75. The second-order valence-electron chi connectivity index (χ2n) is 8.46. The minimum atomic E-state index is -0.287. The van der Waals surface area contributed by atoms with Gasteiger partial charge in [0.2, 0.25) is 0 Å². The van der Waals surface area contributed by atoms with Gasteiger partial charge in [0.1, 0.15) is 0 Å². The van der Waals surface area contributed by atoms with Crippen molar-refractivity contribution in [1.82, 2.24) is 0 Å². The van der Waals surface area contributed by atoms with E-state index in [1.54, 1.807) is 12.1 Å². The third-order valence-corrected chi connectivity index (χ3v) is 7.29. The van der Waals surface area contributed by atoms with Gasteiger partial charge in [-0.15, -0.1) is 0 Å². The van der Waals surface area contributed by atoms with Gasteiger partial charge in [0, 0.05) is 23.0 Å². The van der Waals surface area contributed by atoms with Crippen LogP contribution in [-0.4, -0.2) is 4.92 Å². The molecule has 3 nitrogen and oxygen atoms in total. The summed E-state index contributed by atoms with van der Waals surface area (Å²) in [6.45, 7) is 0. The predicted octanol–water partition coefficient (Wildman–Crippen LogP) is 6.70. The summed E-state index contributed by atoms with van der Waals surface area (Å²) in [6.07, 6.45) is 12.6. The number of nitro groups is 1. The molecule has 4 rings (SSSR count). The second-order valence-corrected chi connectivity index (χ2v) is 8.46. The normalized spacial score (nSPS) is 21.5. The molecule has 0 spiro atoms. The van der Waals surface area contributed by atoms with Gasteiger partial charge in [-0.2, -0.15) is 0 Å². The van der Waals surface area contributed by atoms with Crippen molar-refractivity contribution in [2.75, 3.05) is 0 Å². The standard InChI is InChI=1S/C24H29NO2/c26-25(27)22-14-12-21(13-15-22)24(18-8-3-9-19-24)23(16-6-2-7-17-23)20-10-4-1-5-11-20/h1,4-5,10-15H,2-3,6-9,16-19H2. The molecule has 0 heterocycles. The summed E-state index contributed by atoms with van der Waals surface area (Å²) < 4.78 is 0. The molecule has 2 aromatic rings. The van der Waals surface area contributed by atoms with Crippen LogP contribution in [0.15, 0.2) is 54.6 Å². The zero-order chi connectivity index (χ0) is 18.7. The second kappa shape index (κ2) is 7.46. The first-order chi connectivity index (χ1) is 13.2. The smallest absolute Gasteiger partial charge is 0.258 e. The summed E-state index contributed by atoms with van der Waals surface area (Å²) in [5.41, 5.74) is 3.25. The largest absolute Gasteiger partial charge is 0.269 e. The van der Waals surface area contributed by atoms with Crippen molar-refractivity contribution in [2.45, 2.75) is 75.0 Å². The third-order valence-electron chi connectivity index (χ3n) is 7.29. The summed E-state index contributed by atoms with van der Waals surface area (Å²) in [7, 11) is 0. The molecule has 0 amide bonds. The van der Waals surface area contributed by atoms with Crippen LogP contribution in [0.1, 0.15) is 75.3 Å². The summed E-state index contributed by atoms with van der Waals surface area (Å²) in [5.74, 6) is 0. The van der Waals surface area contributed by atoms with E-state index in [-0.39, 0.29) is 21.4 Å². The maximum Gasteiger partial charge on any atom is 0.269 e. The Bertz CT molecular complexity index is 770. The van der Waals surface area contributed by atoms with E-state index in [1.165, 1.54) is 75.3 Å². The highest BCUT2D eigenvalue weighted by Gasteiger charge is 2.53. The lowest BCUT2D eigenvalue weighted by Crippen LogP contribution is -2.51. The van der Waals surface area contributed by atoms with E-state index in [0.29, 0.717) is 0 Å². The molecule has 0 radical (unpaired) electrons. The van der Waals surface area contributed by atoms with Gasteiger partial charge in [-0.3, -0.25) is 10.1 Å². The van der Waals surface area contributed by atoms with Crippen molar-refractivity contribution in [3.05, 3.63) is 75.8 Å². The molecule has 2 aliphatic carbocycles. The fourth-order valence-corrected chi connectivity index (χ4v) is 6.06. The molecule has 0 aromatic heterocycles. The highest BCUT2D eigenvalue weighted by Crippen LogP contribution is 2.59. The van der Waals surface area contributed by atoms with E-state index in [2.05, 4.69) is 42.5 Å². The minimum absolute atomic E-state index is 0.0994. The third kappa shape index (κ3) is 3.07. The number of non-ortho nitro benzene ring substituents is 1. The molecule has 27 heavy (non-hydrogen) atoms. The molecule has 2 aliphatic rings. The number of hydrogen-bond acceptors (Lipinski definition) is 2. The Balaban J connectivity index is 1.87. The number of hydrogen-bond donors (Lipinski definition) is 0. The molecule has 0 unspecified atom stereocenters. The van der Waals surface area contributed by atoms with Crippen LogP contribution in [0.25, 0.3) is 0 Å². The predicted molar refractivity (Wildman–Crippen MR) is 109 cm³/mol. The first-order valence-corrected chi connectivity index (χ1v) is 10.5. The fraction of sp³-hybridized carbons (Fsp3) is 0.500. The van der Waals surface area contributed by atoms with Crippen LogP contribution < -0.4 is 0 Å².